The molecule has 0 amide bonds. The number of hydrogen-bond donors (Lipinski definition) is 0. The summed E-state index contributed by atoms with van der Waals surface area (Å²) >= 11 is 0. The molecular formula is C50H44O2Si. The summed E-state index contributed by atoms with van der Waals surface area (Å²) in [6.07, 6.45) is 0. The smallest absolute Gasteiger partial charge is 0.184 e. The van der Waals surface area contributed by atoms with Crippen LogP contribution in [0.15, 0.2) is 158 Å². The van der Waals surface area contributed by atoms with Crippen molar-refractivity contribution in [2.45, 2.75) is 52.4 Å². The highest BCUT2D eigenvalue weighted by Gasteiger charge is 2.47. The topological polar surface area (TPSA) is 18.5 Å². The lowest BCUT2D eigenvalue weighted by atomic mass is 9.74. The third kappa shape index (κ3) is 4.98. The van der Waals surface area contributed by atoms with Crippen LogP contribution in [-0.4, -0.2) is 8.07 Å². The highest BCUT2D eigenvalue weighted by Crippen LogP contribution is 2.52. The largest absolute Gasteiger partial charge is 0.457 e. The normalized spacial score (nSPS) is 14.8. The molecule has 7 aromatic carbocycles. The second kappa shape index (κ2) is 12.2. The van der Waals surface area contributed by atoms with Crippen LogP contribution in [0.1, 0.15) is 61.1 Å². The van der Waals surface area contributed by atoms with Crippen molar-refractivity contribution in [3.8, 4) is 34.1 Å². The van der Waals surface area contributed by atoms with E-state index >= 15 is 0 Å². The van der Waals surface area contributed by atoms with Crippen LogP contribution < -0.4 is 30.2 Å². The molecule has 0 atom stereocenters. The molecule has 2 aliphatic rings. The van der Waals surface area contributed by atoms with Crippen LogP contribution >= 0.6 is 0 Å². The van der Waals surface area contributed by atoms with E-state index in [9.17, 15) is 0 Å². The van der Waals surface area contributed by atoms with Crippen molar-refractivity contribution in [2.75, 3.05) is 0 Å². The van der Waals surface area contributed by atoms with E-state index in [0.717, 1.165) is 34.1 Å². The van der Waals surface area contributed by atoms with Gasteiger partial charge in [0.15, 0.2) is 8.07 Å². The van der Waals surface area contributed by atoms with E-state index in [0.29, 0.717) is 0 Å². The number of fused-ring (bicyclic) bond motifs is 4. The third-order valence-electron chi connectivity index (χ3n) is 11.9. The van der Waals surface area contributed by atoms with Crippen molar-refractivity contribution in [1.29, 1.82) is 0 Å². The average molecular weight is 705 g/mol. The number of hydrogen-bond acceptors (Lipinski definition) is 2. The molecule has 2 aliphatic heterocycles. The minimum Gasteiger partial charge on any atom is -0.457 e. The molecule has 260 valence electrons. The zero-order chi connectivity index (χ0) is 36.5. The van der Waals surface area contributed by atoms with Crippen LogP contribution in [0.3, 0.4) is 0 Å². The van der Waals surface area contributed by atoms with Crippen molar-refractivity contribution >= 4 is 28.8 Å². The van der Waals surface area contributed by atoms with Gasteiger partial charge in [-0.2, -0.15) is 0 Å². The van der Waals surface area contributed by atoms with Gasteiger partial charge in [-0.05, 0) is 63.4 Å². The van der Waals surface area contributed by atoms with Gasteiger partial charge in [-0.3, -0.25) is 0 Å². The van der Waals surface area contributed by atoms with Crippen LogP contribution in [0, 0.1) is 13.8 Å². The molecular weight excluding hydrogens is 661 g/mol. The van der Waals surface area contributed by atoms with Crippen molar-refractivity contribution in [2.24, 2.45) is 0 Å². The number of rotatable bonds is 5. The van der Waals surface area contributed by atoms with Gasteiger partial charge in [-0.25, -0.2) is 0 Å². The van der Waals surface area contributed by atoms with Gasteiger partial charge < -0.3 is 9.47 Å². The first-order valence-electron chi connectivity index (χ1n) is 18.7. The Morgan fingerprint density at radius 1 is 0.434 bits per heavy atom. The maximum absolute atomic E-state index is 7.10. The molecule has 0 aromatic heterocycles. The first-order valence-corrected chi connectivity index (χ1v) is 20.7. The van der Waals surface area contributed by atoms with Crippen LogP contribution in [0.4, 0.5) is 0 Å². The van der Waals surface area contributed by atoms with Gasteiger partial charge >= 0.3 is 0 Å². The lowest BCUT2D eigenvalue weighted by Crippen LogP contribution is -2.75. The van der Waals surface area contributed by atoms with Gasteiger partial charge in [0.1, 0.15) is 23.0 Å². The minimum absolute atomic E-state index is 0.215. The summed E-state index contributed by atoms with van der Waals surface area (Å²) < 4.78 is 14.1. The number of ether oxygens (including phenoxy) is 2. The summed E-state index contributed by atoms with van der Waals surface area (Å²) in [5, 5.41) is 5.17. The molecule has 7 aromatic rings. The Labute approximate surface area is 314 Å². The van der Waals surface area contributed by atoms with Gasteiger partial charge in [0, 0.05) is 38.6 Å². The van der Waals surface area contributed by atoms with Crippen molar-refractivity contribution in [1.82, 2.24) is 0 Å². The standard InChI is InChI=1S/C50H44O2Si/c1-33-27-29-40-44(31-33)52-48-42(50(40,5)6)30-28-34(2)46(48)35-17-15-22-38(32-35)53(36-18-9-7-10-19-36,37-20-11-8-12-21-37)45-26-16-24-41-47(45)51-43-25-14-13-23-39(43)49(41,3)4/h7-32H,1-6H3. The zero-order valence-corrected chi connectivity index (χ0v) is 32.3. The quantitative estimate of drug-likeness (QED) is 0.131. The monoisotopic (exact) mass is 704 g/mol. The predicted octanol–water partition coefficient (Wildman–Crippen LogP) is 10.2. The molecule has 0 fully saturated rings. The molecule has 0 aliphatic carbocycles. The molecule has 2 heterocycles. The van der Waals surface area contributed by atoms with Crippen LogP contribution in [0.5, 0.6) is 23.0 Å². The maximum atomic E-state index is 7.10. The van der Waals surface area contributed by atoms with Crippen LogP contribution in [-0.2, 0) is 10.8 Å². The van der Waals surface area contributed by atoms with E-state index in [-0.39, 0.29) is 10.8 Å². The summed E-state index contributed by atoms with van der Waals surface area (Å²) in [5.41, 5.74) is 9.09. The molecule has 9 rings (SSSR count). The average Bonchev–Trinajstić information content (AvgIpc) is 3.16. The maximum Gasteiger partial charge on any atom is 0.184 e. The van der Waals surface area contributed by atoms with Crippen molar-refractivity contribution in [3.05, 3.63) is 191 Å². The van der Waals surface area contributed by atoms with Gasteiger partial charge in [-0.15, -0.1) is 0 Å². The summed E-state index contributed by atoms with van der Waals surface area (Å²) in [4.78, 5) is 0. The van der Waals surface area contributed by atoms with E-state index in [1.807, 2.05) is 0 Å². The van der Waals surface area contributed by atoms with Crippen LogP contribution in [0.2, 0.25) is 0 Å². The number of aryl methyl sites for hydroxylation is 2. The lowest BCUT2D eigenvalue weighted by molar-refractivity contribution is 0.419. The molecule has 53 heavy (non-hydrogen) atoms. The molecule has 0 radical (unpaired) electrons. The molecule has 3 heteroatoms. The fourth-order valence-corrected chi connectivity index (χ4v) is 14.0. The third-order valence-corrected chi connectivity index (χ3v) is 16.7. The molecule has 0 unspecified atom stereocenters. The molecule has 0 bridgehead atoms. The first-order chi connectivity index (χ1) is 25.6. The summed E-state index contributed by atoms with van der Waals surface area (Å²) in [7, 11) is -3.04. The Kier molecular flexibility index (Phi) is 7.65. The Morgan fingerprint density at radius 3 is 1.70 bits per heavy atom. The summed E-state index contributed by atoms with van der Waals surface area (Å²) in [5.74, 6) is 3.80. The van der Waals surface area contributed by atoms with Crippen LogP contribution in [0.25, 0.3) is 11.1 Å². The molecule has 2 nitrogen and oxygen atoms in total. The van der Waals surface area contributed by atoms with E-state index in [2.05, 4.69) is 199 Å². The highest BCUT2D eigenvalue weighted by molar-refractivity contribution is 7.20. The van der Waals surface area contributed by atoms with E-state index in [1.54, 1.807) is 0 Å². The van der Waals surface area contributed by atoms with E-state index < -0.39 is 8.07 Å². The molecule has 0 spiro atoms. The molecule has 0 N–H and O–H groups in total. The Bertz CT molecular complexity index is 2490. The fourth-order valence-electron chi connectivity index (χ4n) is 9.14. The summed E-state index contributed by atoms with van der Waals surface area (Å²) in [6.45, 7) is 13.6. The molecule has 0 saturated carbocycles. The lowest BCUT2D eigenvalue weighted by Gasteiger charge is -2.40. The van der Waals surface area contributed by atoms with E-state index in [1.165, 1.54) is 54.1 Å². The van der Waals surface area contributed by atoms with Gasteiger partial charge in [-0.1, -0.05) is 173 Å². The van der Waals surface area contributed by atoms with Gasteiger partial charge in [0.2, 0.25) is 0 Å². The zero-order valence-electron chi connectivity index (χ0n) is 31.3. The van der Waals surface area contributed by atoms with Gasteiger partial charge in [0.25, 0.3) is 0 Å². The van der Waals surface area contributed by atoms with Crippen molar-refractivity contribution < 1.29 is 9.47 Å². The predicted molar refractivity (Wildman–Crippen MR) is 222 cm³/mol. The number of benzene rings is 7. The highest BCUT2D eigenvalue weighted by atomic mass is 28.3. The Morgan fingerprint density at radius 2 is 0.981 bits per heavy atom. The SMILES string of the molecule is Cc1ccc2c(c1)Oc1c(ccc(C)c1-c1cccc([Si](c3ccccc3)(c3ccccc3)c3cccc4c3Oc3ccccc3C4(C)C)c1)C2(C)C. The Balaban J connectivity index is 1.34. The molecule has 0 saturated heterocycles. The minimum atomic E-state index is -3.04. The van der Waals surface area contributed by atoms with E-state index in [4.69, 9.17) is 9.47 Å². The Hall–Kier alpha value is -5.64. The first kappa shape index (κ1) is 33.2. The summed E-state index contributed by atoms with van der Waals surface area (Å²) in [6, 6.07) is 58.1. The van der Waals surface area contributed by atoms with Gasteiger partial charge in [0.05, 0.1) is 0 Å². The number of para-hydroxylation sites is 2. The second-order valence-electron chi connectivity index (χ2n) is 15.8. The fraction of sp³-hybridized carbons (Fsp3) is 0.160. The second-order valence-corrected chi connectivity index (χ2v) is 19.6. The van der Waals surface area contributed by atoms with Crippen molar-refractivity contribution in [3.63, 3.8) is 0 Å².